The van der Waals surface area contributed by atoms with Crippen LogP contribution < -0.4 is 0 Å². The molecular formula is C20H10N2O4S2. The molecule has 1 aliphatic carbocycles. The Morgan fingerprint density at radius 1 is 0.714 bits per heavy atom. The molecule has 0 bridgehead atoms. The lowest BCUT2D eigenvalue weighted by Gasteiger charge is -2.18. The summed E-state index contributed by atoms with van der Waals surface area (Å²) >= 11 is 0.808. The highest BCUT2D eigenvalue weighted by atomic mass is 32.2. The Kier molecular flexibility index (Phi) is 3.55. The maximum atomic E-state index is 13.2. The molecule has 4 aromatic rings. The third-order valence-electron chi connectivity index (χ3n) is 4.73. The van der Waals surface area contributed by atoms with E-state index in [1.54, 1.807) is 42.5 Å². The third kappa shape index (κ3) is 2.22. The zero-order valence-electron chi connectivity index (χ0n) is 14.1. The number of rotatable bonds is 2. The zero-order chi connectivity index (χ0) is 19.5. The first-order valence-electron chi connectivity index (χ1n) is 8.28. The molecule has 5 rings (SSSR count). The second kappa shape index (κ2) is 5.88. The minimum Gasteiger partial charge on any atom is -0.289 e. The molecule has 8 heteroatoms. The van der Waals surface area contributed by atoms with Gasteiger partial charge >= 0.3 is 0 Å². The predicted molar refractivity (Wildman–Crippen MR) is 103 cm³/mol. The van der Waals surface area contributed by atoms with Gasteiger partial charge < -0.3 is 0 Å². The molecule has 0 fully saturated rings. The van der Waals surface area contributed by atoms with Crippen LogP contribution in [-0.4, -0.2) is 28.7 Å². The van der Waals surface area contributed by atoms with Crippen molar-refractivity contribution >= 4 is 44.2 Å². The molecule has 6 nitrogen and oxygen atoms in total. The van der Waals surface area contributed by atoms with Gasteiger partial charge in [-0.2, -0.15) is 8.75 Å². The summed E-state index contributed by atoms with van der Waals surface area (Å²) in [5, 5.41) is 0. The van der Waals surface area contributed by atoms with Crippen molar-refractivity contribution in [2.24, 2.45) is 0 Å². The van der Waals surface area contributed by atoms with Gasteiger partial charge in [-0.25, -0.2) is 8.42 Å². The molecule has 1 heterocycles. The highest BCUT2D eigenvalue weighted by Crippen LogP contribution is 2.36. The van der Waals surface area contributed by atoms with E-state index in [4.69, 9.17) is 0 Å². The van der Waals surface area contributed by atoms with Gasteiger partial charge in [-0.3, -0.25) is 9.59 Å². The Balaban J connectivity index is 1.86. The van der Waals surface area contributed by atoms with E-state index in [2.05, 4.69) is 8.75 Å². The Bertz CT molecular complexity index is 1410. The molecular weight excluding hydrogens is 396 g/mol. The number of hydrogen-bond donors (Lipinski definition) is 0. The maximum Gasteiger partial charge on any atom is 0.208 e. The summed E-state index contributed by atoms with van der Waals surface area (Å²) in [6.07, 6.45) is 0. The minimum absolute atomic E-state index is 0.0402. The van der Waals surface area contributed by atoms with Crippen LogP contribution in [0.25, 0.3) is 11.0 Å². The van der Waals surface area contributed by atoms with Crippen molar-refractivity contribution < 1.29 is 18.0 Å². The minimum atomic E-state index is -3.95. The smallest absolute Gasteiger partial charge is 0.208 e. The Hall–Kier alpha value is -3.23. The molecule has 0 amide bonds. The lowest BCUT2D eigenvalue weighted by Crippen LogP contribution is -2.22. The van der Waals surface area contributed by atoms with Crippen LogP contribution in [0.4, 0.5) is 0 Å². The van der Waals surface area contributed by atoms with E-state index in [-0.39, 0.29) is 48.9 Å². The van der Waals surface area contributed by atoms with Crippen molar-refractivity contribution in [3.63, 3.8) is 0 Å². The fourth-order valence-corrected chi connectivity index (χ4v) is 5.48. The number of fused-ring (bicyclic) bond motifs is 4. The molecule has 1 aromatic heterocycles. The second-order valence-electron chi connectivity index (χ2n) is 6.28. The topological polar surface area (TPSA) is 94.1 Å². The molecule has 1 aliphatic rings. The van der Waals surface area contributed by atoms with Crippen molar-refractivity contribution in [1.82, 2.24) is 8.75 Å². The maximum absolute atomic E-state index is 13.2. The largest absolute Gasteiger partial charge is 0.289 e. The average molecular weight is 406 g/mol. The average Bonchev–Trinajstić information content (AvgIpc) is 3.21. The number of benzene rings is 3. The van der Waals surface area contributed by atoms with Crippen molar-refractivity contribution in [3.8, 4) is 0 Å². The Morgan fingerprint density at radius 3 is 2.04 bits per heavy atom. The van der Waals surface area contributed by atoms with Gasteiger partial charge in [0.15, 0.2) is 11.6 Å². The van der Waals surface area contributed by atoms with Gasteiger partial charge in [-0.1, -0.05) is 42.5 Å². The Morgan fingerprint density at radius 2 is 1.32 bits per heavy atom. The van der Waals surface area contributed by atoms with Crippen molar-refractivity contribution in [3.05, 3.63) is 82.9 Å². The van der Waals surface area contributed by atoms with E-state index in [0.717, 1.165) is 11.7 Å². The number of sulfone groups is 1. The molecule has 0 saturated carbocycles. The summed E-state index contributed by atoms with van der Waals surface area (Å²) < 4.78 is 34.7. The van der Waals surface area contributed by atoms with Gasteiger partial charge in [0, 0.05) is 16.7 Å². The number of carbonyl (C=O) groups excluding carboxylic acids is 2. The molecule has 0 unspecified atom stereocenters. The summed E-state index contributed by atoms with van der Waals surface area (Å²) in [6, 6.07) is 15.7. The normalized spacial score (nSPS) is 13.4. The zero-order valence-corrected chi connectivity index (χ0v) is 15.8. The van der Waals surface area contributed by atoms with Crippen LogP contribution in [0, 0.1) is 0 Å². The van der Waals surface area contributed by atoms with Gasteiger partial charge in [0.05, 0.1) is 22.2 Å². The van der Waals surface area contributed by atoms with Gasteiger partial charge in [0.1, 0.15) is 15.9 Å². The quantitative estimate of drug-likeness (QED) is 0.446. The van der Waals surface area contributed by atoms with Gasteiger partial charge in [0.25, 0.3) is 0 Å². The van der Waals surface area contributed by atoms with Gasteiger partial charge in [-0.15, -0.1) is 0 Å². The van der Waals surface area contributed by atoms with E-state index in [9.17, 15) is 18.0 Å². The summed E-state index contributed by atoms with van der Waals surface area (Å²) in [6.45, 7) is 0. The number of carbonyl (C=O) groups is 2. The molecule has 0 atom stereocenters. The SMILES string of the molecule is O=C1c2ccccc2C(=O)c2c1cc(S(=O)(=O)c1ccccc1)c1nsnc21. The summed E-state index contributed by atoms with van der Waals surface area (Å²) in [4.78, 5) is 26.0. The molecule has 0 spiro atoms. The fraction of sp³-hybridized carbons (Fsp3) is 0. The molecule has 0 N–H and O–H groups in total. The van der Waals surface area contributed by atoms with E-state index in [0.29, 0.717) is 0 Å². The van der Waals surface area contributed by atoms with Crippen LogP contribution in [0.3, 0.4) is 0 Å². The molecule has 0 radical (unpaired) electrons. The van der Waals surface area contributed by atoms with Crippen molar-refractivity contribution in [1.29, 1.82) is 0 Å². The standard InChI is InChI=1S/C20H10N2O4S2/c23-19-12-8-4-5-9-13(12)20(24)16-14(19)10-15(17-18(16)22-27-21-17)28(25,26)11-6-2-1-3-7-11/h1-10H. The fourth-order valence-electron chi connectivity index (χ4n) is 3.41. The van der Waals surface area contributed by atoms with Crippen molar-refractivity contribution in [2.75, 3.05) is 0 Å². The molecule has 0 aliphatic heterocycles. The first kappa shape index (κ1) is 16.9. The van der Waals surface area contributed by atoms with E-state index >= 15 is 0 Å². The monoisotopic (exact) mass is 406 g/mol. The molecule has 136 valence electrons. The Labute approximate surface area is 163 Å². The number of nitrogens with zero attached hydrogens (tertiary/aromatic N) is 2. The van der Waals surface area contributed by atoms with Crippen LogP contribution in [0.15, 0.2) is 70.5 Å². The van der Waals surface area contributed by atoms with Crippen LogP contribution in [-0.2, 0) is 9.84 Å². The molecule has 28 heavy (non-hydrogen) atoms. The van der Waals surface area contributed by atoms with Crippen LogP contribution in [0.2, 0.25) is 0 Å². The number of hydrogen-bond acceptors (Lipinski definition) is 7. The third-order valence-corrected chi connectivity index (χ3v) is 7.05. The number of aromatic nitrogens is 2. The van der Waals surface area contributed by atoms with E-state index < -0.39 is 15.6 Å². The summed E-state index contributed by atoms with van der Waals surface area (Å²) in [7, 11) is -3.95. The first-order valence-corrected chi connectivity index (χ1v) is 10.5. The summed E-state index contributed by atoms with van der Waals surface area (Å²) in [5.41, 5.74) is 0.939. The lowest BCUT2D eigenvalue weighted by molar-refractivity contribution is 0.0980. The van der Waals surface area contributed by atoms with E-state index in [1.807, 2.05) is 0 Å². The van der Waals surface area contributed by atoms with Crippen LogP contribution >= 0.6 is 11.7 Å². The number of ketones is 2. The van der Waals surface area contributed by atoms with Crippen molar-refractivity contribution in [2.45, 2.75) is 9.79 Å². The van der Waals surface area contributed by atoms with Gasteiger partial charge in [0.2, 0.25) is 9.84 Å². The lowest BCUT2D eigenvalue weighted by atomic mass is 9.83. The molecule has 3 aromatic carbocycles. The highest BCUT2D eigenvalue weighted by molar-refractivity contribution is 7.91. The van der Waals surface area contributed by atoms with Crippen LogP contribution in [0.5, 0.6) is 0 Å². The summed E-state index contributed by atoms with van der Waals surface area (Å²) in [5.74, 6) is -0.754. The predicted octanol–water partition coefficient (Wildman–Crippen LogP) is 3.30. The van der Waals surface area contributed by atoms with E-state index in [1.165, 1.54) is 18.2 Å². The van der Waals surface area contributed by atoms with Crippen LogP contribution in [0.1, 0.15) is 31.8 Å². The highest BCUT2D eigenvalue weighted by Gasteiger charge is 2.35. The first-order chi connectivity index (χ1) is 13.5. The molecule has 0 saturated heterocycles. The second-order valence-corrected chi connectivity index (χ2v) is 8.73. The van der Waals surface area contributed by atoms with Gasteiger partial charge in [-0.05, 0) is 18.2 Å².